The summed E-state index contributed by atoms with van der Waals surface area (Å²) in [5.74, 6) is -0.953. The van der Waals surface area contributed by atoms with Gasteiger partial charge in [-0.25, -0.2) is 8.78 Å². The second-order valence-electron chi connectivity index (χ2n) is 3.91. The molecular formula is C14H10F2N2S. The molecule has 0 spiro atoms. The van der Waals surface area contributed by atoms with Crippen LogP contribution in [0.25, 0.3) is 0 Å². The smallest absolute Gasteiger partial charge is 0.141 e. The van der Waals surface area contributed by atoms with E-state index in [0.717, 1.165) is 29.5 Å². The summed E-state index contributed by atoms with van der Waals surface area (Å²) >= 11 is 1.04. The Labute approximate surface area is 113 Å². The number of nitrogens with zero attached hydrogens (tertiary/aromatic N) is 1. The number of hydrogen-bond donors (Lipinski definition) is 1. The van der Waals surface area contributed by atoms with Crippen LogP contribution in [0.5, 0.6) is 0 Å². The van der Waals surface area contributed by atoms with E-state index in [0.29, 0.717) is 11.3 Å². The van der Waals surface area contributed by atoms with E-state index in [1.165, 1.54) is 0 Å². The van der Waals surface area contributed by atoms with Crippen LogP contribution >= 0.6 is 11.8 Å². The van der Waals surface area contributed by atoms with Gasteiger partial charge in [0, 0.05) is 11.4 Å². The van der Waals surface area contributed by atoms with Crippen molar-refractivity contribution in [3.05, 3.63) is 59.2 Å². The average molecular weight is 276 g/mol. The zero-order chi connectivity index (χ0) is 13.8. The van der Waals surface area contributed by atoms with Crippen molar-refractivity contribution in [1.82, 2.24) is 0 Å². The van der Waals surface area contributed by atoms with Crippen molar-refractivity contribution in [2.45, 2.75) is 10.6 Å². The molecule has 96 valence electrons. The predicted molar refractivity (Wildman–Crippen MR) is 71.5 cm³/mol. The van der Waals surface area contributed by atoms with Gasteiger partial charge in [-0.15, -0.1) is 11.8 Å². The van der Waals surface area contributed by atoms with Gasteiger partial charge in [0.25, 0.3) is 0 Å². The van der Waals surface area contributed by atoms with E-state index in [2.05, 4.69) is 0 Å². The Bertz CT molecular complexity index is 627. The number of hydrogen-bond acceptors (Lipinski definition) is 3. The minimum atomic E-state index is -0.668. The molecule has 0 aliphatic rings. The van der Waals surface area contributed by atoms with Gasteiger partial charge in [0.1, 0.15) is 11.6 Å². The van der Waals surface area contributed by atoms with Crippen molar-refractivity contribution in [3.63, 3.8) is 0 Å². The highest BCUT2D eigenvalue weighted by Gasteiger charge is 2.11. The molecular weight excluding hydrogens is 266 g/mol. The zero-order valence-electron chi connectivity index (χ0n) is 9.86. The Morgan fingerprint density at radius 1 is 1.16 bits per heavy atom. The Morgan fingerprint density at radius 2 is 1.84 bits per heavy atom. The van der Waals surface area contributed by atoms with E-state index in [9.17, 15) is 8.78 Å². The topological polar surface area (TPSA) is 49.8 Å². The minimum Gasteiger partial charge on any atom is -0.399 e. The maximum Gasteiger partial charge on any atom is 0.141 e. The van der Waals surface area contributed by atoms with Gasteiger partial charge in [-0.05, 0) is 29.8 Å². The fraction of sp³-hybridized carbons (Fsp3) is 0.0714. The highest BCUT2D eigenvalue weighted by Crippen LogP contribution is 2.29. The van der Waals surface area contributed by atoms with Crippen molar-refractivity contribution in [2.24, 2.45) is 0 Å². The summed E-state index contributed by atoms with van der Waals surface area (Å²) < 4.78 is 27.1. The number of nitrogens with two attached hydrogens (primary N) is 1. The Balaban J connectivity index is 2.17. The van der Waals surface area contributed by atoms with Crippen molar-refractivity contribution < 1.29 is 8.78 Å². The molecule has 0 aliphatic carbocycles. The third kappa shape index (κ3) is 3.24. The van der Waals surface area contributed by atoms with E-state index in [1.54, 1.807) is 24.3 Å². The monoisotopic (exact) mass is 276 g/mol. The molecule has 0 saturated carbocycles. The first-order chi connectivity index (χ1) is 9.10. The normalized spacial score (nSPS) is 10.2. The lowest BCUT2D eigenvalue weighted by Gasteiger charge is -2.06. The zero-order valence-corrected chi connectivity index (χ0v) is 10.7. The van der Waals surface area contributed by atoms with Gasteiger partial charge in [0.2, 0.25) is 0 Å². The maximum atomic E-state index is 13.6. The van der Waals surface area contributed by atoms with E-state index >= 15 is 0 Å². The summed E-state index contributed by atoms with van der Waals surface area (Å²) in [7, 11) is 0. The fourth-order valence-corrected chi connectivity index (χ4v) is 2.49. The van der Waals surface area contributed by atoms with Gasteiger partial charge in [-0.2, -0.15) is 5.26 Å². The standard InChI is InChI=1S/C14H10F2N2S/c15-12-5-11(18)6-13(16)14(12)19-8-10-3-1-2-9(4-10)7-17/h1-6H,8,18H2. The second-order valence-corrected chi connectivity index (χ2v) is 4.90. The van der Waals surface area contributed by atoms with E-state index in [-0.39, 0.29) is 10.6 Å². The summed E-state index contributed by atoms with van der Waals surface area (Å²) in [4.78, 5) is -0.0587. The molecule has 0 aliphatic heterocycles. The van der Waals surface area contributed by atoms with Crippen LogP contribution in [0.15, 0.2) is 41.3 Å². The van der Waals surface area contributed by atoms with Crippen LogP contribution in [-0.2, 0) is 5.75 Å². The lowest BCUT2D eigenvalue weighted by molar-refractivity contribution is 0.542. The van der Waals surface area contributed by atoms with Crippen LogP contribution < -0.4 is 5.73 Å². The third-order valence-electron chi connectivity index (χ3n) is 2.46. The molecule has 2 aromatic carbocycles. The molecule has 2 aromatic rings. The lowest BCUT2D eigenvalue weighted by atomic mass is 10.2. The molecule has 0 aromatic heterocycles. The average Bonchev–Trinajstić information content (AvgIpc) is 2.37. The molecule has 5 heteroatoms. The maximum absolute atomic E-state index is 13.6. The van der Waals surface area contributed by atoms with Crippen molar-refractivity contribution in [2.75, 3.05) is 5.73 Å². The lowest BCUT2D eigenvalue weighted by Crippen LogP contribution is -1.93. The quantitative estimate of drug-likeness (QED) is 0.686. The summed E-state index contributed by atoms with van der Waals surface area (Å²) in [6.45, 7) is 0. The SMILES string of the molecule is N#Cc1cccc(CSc2c(F)cc(N)cc2F)c1. The highest BCUT2D eigenvalue weighted by atomic mass is 32.2. The van der Waals surface area contributed by atoms with Gasteiger partial charge in [0.05, 0.1) is 16.5 Å². The number of benzene rings is 2. The predicted octanol–water partition coefficient (Wildman–Crippen LogP) is 3.71. The Morgan fingerprint density at radius 3 is 2.47 bits per heavy atom. The first-order valence-electron chi connectivity index (χ1n) is 5.46. The minimum absolute atomic E-state index is 0.0587. The summed E-state index contributed by atoms with van der Waals surface area (Å²) in [6.07, 6.45) is 0. The Hall–Kier alpha value is -2.06. The van der Waals surface area contributed by atoms with Crippen molar-refractivity contribution >= 4 is 17.4 Å². The molecule has 2 nitrogen and oxygen atoms in total. The van der Waals surface area contributed by atoms with Gasteiger partial charge in [0.15, 0.2) is 0 Å². The fourth-order valence-electron chi connectivity index (χ4n) is 1.60. The number of halogens is 2. The molecule has 19 heavy (non-hydrogen) atoms. The summed E-state index contributed by atoms with van der Waals surface area (Å²) in [5.41, 5.74) is 6.77. The van der Waals surface area contributed by atoms with Crippen molar-refractivity contribution in [1.29, 1.82) is 5.26 Å². The van der Waals surface area contributed by atoms with Gasteiger partial charge in [-0.1, -0.05) is 12.1 Å². The largest absolute Gasteiger partial charge is 0.399 e. The first kappa shape index (κ1) is 13.4. The highest BCUT2D eigenvalue weighted by molar-refractivity contribution is 7.98. The molecule has 2 rings (SSSR count). The number of rotatable bonds is 3. The molecule has 0 fully saturated rings. The molecule has 0 radical (unpaired) electrons. The first-order valence-corrected chi connectivity index (χ1v) is 6.45. The van der Waals surface area contributed by atoms with E-state index in [1.807, 2.05) is 6.07 Å². The number of nitrogen functional groups attached to an aromatic ring is 1. The Kier molecular flexibility index (Phi) is 4.03. The molecule has 0 saturated heterocycles. The molecule has 0 heterocycles. The molecule has 0 unspecified atom stereocenters. The summed E-state index contributed by atoms with van der Waals surface area (Å²) in [6, 6.07) is 11.1. The summed E-state index contributed by atoms with van der Waals surface area (Å²) in [5, 5.41) is 8.78. The van der Waals surface area contributed by atoms with Crippen LogP contribution in [0.2, 0.25) is 0 Å². The molecule has 2 N–H and O–H groups in total. The van der Waals surface area contributed by atoms with Crippen LogP contribution in [0, 0.1) is 23.0 Å². The van der Waals surface area contributed by atoms with E-state index in [4.69, 9.17) is 11.0 Å². The van der Waals surface area contributed by atoms with Crippen LogP contribution in [0.3, 0.4) is 0 Å². The molecule has 0 atom stereocenters. The number of anilines is 1. The van der Waals surface area contributed by atoms with Crippen LogP contribution in [0.1, 0.15) is 11.1 Å². The van der Waals surface area contributed by atoms with Crippen molar-refractivity contribution in [3.8, 4) is 6.07 Å². The van der Waals surface area contributed by atoms with Gasteiger partial charge >= 0.3 is 0 Å². The van der Waals surface area contributed by atoms with Gasteiger partial charge in [-0.3, -0.25) is 0 Å². The molecule has 0 bridgehead atoms. The second kappa shape index (κ2) is 5.72. The number of nitriles is 1. The van der Waals surface area contributed by atoms with E-state index < -0.39 is 11.6 Å². The number of thioether (sulfide) groups is 1. The third-order valence-corrected chi connectivity index (χ3v) is 3.62. The van der Waals surface area contributed by atoms with Crippen LogP contribution in [-0.4, -0.2) is 0 Å². The van der Waals surface area contributed by atoms with Crippen LogP contribution in [0.4, 0.5) is 14.5 Å². The van der Waals surface area contributed by atoms with Gasteiger partial charge < -0.3 is 5.73 Å². The molecule has 0 amide bonds.